The van der Waals surface area contributed by atoms with Crippen molar-refractivity contribution in [3.63, 3.8) is 0 Å². The second-order valence-electron chi connectivity index (χ2n) is 15.8. The average molecular weight is 665 g/mol. The highest BCUT2D eigenvalue weighted by molar-refractivity contribution is 5.92. The lowest BCUT2D eigenvalue weighted by Crippen LogP contribution is -2.51. The van der Waals surface area contributed by atoms with Crippen LogP contribution in [-0.2, 0) is 6.42 Å². The van der Waals surface area contributed by atoms with E-state index in [1.807, 2.05) is 0 Å². The number of aromatic nitrogens is 2. The van der Waals surface area contributed by atoms with Gasteiger partial charge in [0.2, 0.25) is 0 Å². The lowest BCUT2D eigenvalue weighted by Gasteiger charge is -2.35. The first-order valence-corrected chi connectivity index (χ1v) is 18.1. The summed E-state index contributed by atoms with van der Waals surface area (Å²) in [5.41, 5.74) is 1.44. The SMILES string of the molecule is C#Cc1c(F)ccc2c1C(c1c(C#N)cc3c(N4CC5CCC(C4)N5)nc(OCC4(CN5C[C@H]6CCC[C@H]6C5)CC4)nc3c1F)C[C@H](O)C2. The number of nitrogens with zero attached hydrogens (tertiary/aromatic N) is 5. The third-order valence-electron chi connectivity index (χ3n) is 12.5. The van der Waals surface area contributed by atoms with Crippen LogP contribution in [0, 0.1) is 52.6 Å². The highest BCUT2D eigenvalue weighted by atomic mass is 19.1. The first-order valence-electron chi connectivity index (χ1n) is 18.1. The van der Waals surface area contributed by atoms with Crippen LogP contribution >= 0.6 is 0 Å². The maximum absolute atomic E-state index is 17.3. The number of ether oxygens (including phenoxy) is 1. The number of terminal acetylenes is 1. The topological polar surface area (TPSA) is 97.5 Å². The summed E-state index contributed by atoms with van der Waals surface area (Å²) in [6, 6.07) is 7.50. The standard InChI is InChI=1S/C39H42F2N6O2/c1-2-29-32(40)9-6-22-12-28(48)14-30(33(22)29)34-25(15-42)13-31-36(35(34)41)44-38(45-37(31)47-18-26-7-8-27(19-47)43-26)49-21-39(10-11-39)20-46-16-23-4-3-5-24(23)17-46/h1,6,9,13,23-24,26-28,30,43,48H,3-5,7-8,10-12,14,16-21H2/t23-,24+,26?,27?,28-,30?/m1/s1. The molecule has 9 rings (SSSR count). The van der Waals surface area contributed by atoms with Crippen LogP contribution in [0.25, 0.3) is 10.9 Å². The molecule has 2 saturated carbocycles. The summed E-state index contributed by atoms with van der Waals surface area (Å²) < 4.78 is 38.7. The van der Waals surface area contributed by atoms with Gasteiger partial charge >= 0.3 is 6.01 Å². The van der Waals surface area contributed by atoms with Crippen LogP contribution in [0.4, 0.5) is 14.6 Å². The number of aliphatic hydroxyl groups is 1. The van der Waals surface area contributed by atoms with Crippen LogP contribution in [0.1, 0.15) is 85.1 Å². The third-order valence-corrected chi connectivity index (χ3v) is 12.5. The Morgan fingerprint density at radius 3 is 2.49 bits per heavy atom. The van der Waals surface area contributed by atoms with Gasteiger partial charge < -0.3 is 25.0 Å². The van der Waals surface area contributed by atoms with E-state index in [2.05, 4.69) is 27.1 Å². The summed E-state index contributed by atoms with van der Waals surface area (Å²) >= 11 is 0. The van der Waals surface area contributed by atoms with E-state index in [4.69, 9.17) is 21.1 Å². The molecule has 3 aliphatic carbocycles. The Kier molecular flexibility index (Phi) is 7.57. The minimum atomic E-state index is -0.827. The first-order chi connectivity index (χ1) is 23.8. The molecule has 2 N–H and O–H groups in total. The van der Waals surface area contributed by atoms with E-state index < -0.39 is 23.7 Å². The molecule has 2 bridgehead atoms. The zero-order valence-electron chi connectivity index (χ0n) is 27.7. The number of fused-ring (bicyclic) bond motifs is 5. The molecule has 6 atom stereocenters. The average Bonchev–Trinajstić information content (AvgIpc) is 3.34. The number of nitriles is 1. The van der Waals surface area contributed by atoms with Crippen molar-refractivity contribution in [2.75, 3.05) is 44.2 Å². The van der Waals surface area contributed by atoms with E-state index in [1.165, 1.54) is 38.4 Å². The summed E-state index contributed by atoms with van der Waals surface area (Å²) in [5.74, 6) is 2.60. The van der Waals surface area contributed by atoms with Crippen molar-refractivity contribution in [2.24, 2.45) is 17.3 Å². The number of benzene rings is 2. The maximum atomic E-state index is 17.3. The Bertz CT molecular complexity index is 1890. The molecule has 49 heavy (non-hydrogen) atoms. The highest BCUT2D eigenvalue weighted by Crippen LogP contribution is 2.49. The predicted molar refractivity (Wildman–Crippen MR) is 181 cm³/mol. The van der Waals surface area contributed by atoms with Crippen molar-refractivity contribution in [3.05, 3.63) is 57.7 Å². The summed E-state index contributed by atoms with van der Waals surface area (Å²) in [6.07, 6.45) is 13.7. The van der Waals surface area contributed by atoms with E-state index in [-0.39, 0.29) is 46.5 Å². The Morgan fingerprint density at radius 2 is 1.80 bits per heavy atom. The summed E-state index contributed by atoms with van der Waals surface area (Å²) in [6.45, 7) is 5.24. The van der Waals surface area contributed by atoms with Crippen LogP contribution in [0.3, 0.4) is 0 Å². The lowest BCUT2D eigenvalue weighted by molar-refractivity contribution is 0.151. The zero-order chi connectivity index (χ0) is 33.4. The molecule has 3 aromatic rings. The van der Waals surface area contributed by atoms with Gasteiger partial charge in [-0.2, -0.15) is 15.2 Å². The Balaban J connectivity index is 1.11. The number of rotatable bonds is 7. The van der Waals surface area contributed by atoms with Crippen LogP contribution in [0.2, 0.25) is 0 Å². The Morgan fingerprint density at radius 1 is 1.04 bits per heavy atom. The number of nitrogens with one attached hydrogen (secondary N) is 1. The normalized spacial score (nSPS) is 29.8. The van der Waals surface area contributed by atoms with E-state index in [1.54, 1.807) is 12.1 Å². The number of likely N-dealkylation sites (tertiary alicyclic amines) is 1. The van der Waals surface area contributed by atoms with Gasteiger partial charge in [-0.1, -0.05) is 18.4 Å². The van der Waals surface area contributed by atoms with Crippen molar-refractivity contribution < 1.29 is 18.6 Å². The van der Waals surface area contributed by atoms with Gasteiger partial charge in [0.05, 0.1) is 29.9 Å². The minimum absolute atomic E-state index is 0.0397. The summed E-state index contributed by atoms with van der Waals surface area (Å²) in [7, 11) is 0. The van der Waals surface area contributed by atoms with Crippen LogP contribution in [0.15, 0.2) is 18.2 Å². The molecule has 2 aromatic carbocycles. The van der Waals surface area contributed by atoms with Gasteiger partial charge in [-0.15, -0.1) is 6.42 Å². The fraction of sp³-hybridized carbons (Fsp3) is 0.564. The van der Waals surface area contributed by atoms with Gasteiger partial charge in [-0.3, -0.25) is 0 Å². The summed E-state index contributed by atoms with van der Waals surface area (Å²) in [5, 5.41) is 25.4. The number of aliphatic hydroxyl groups excluding tert-OH is 1. The largest absolute Gasteiger partial charge is 0.463 e. The molecule has 5 fully saturated rings. The molecule has 0 spiro atoms. The maximum Gasteiger partial charge on any atom is 0.319 e. The molecular weight excluding hydrogens is 622 g/mol. The number of hydrogen-bond donors (Lipinski definition) is 2. The molecule has 6 aliphatic rings. The minimum Gasteiger partial charge on any atom is -0.463 e. The van der Waals surface area contributed by atoms with Crippen molar-refractivity contribution in [1.82, 2.24) is 20.2 Å². The third kappa shape index (κ3) is 5.44. The molecular formula is C39H42F2N6O2. The lowest BCUT2D eigenvalue weighted by atomic mass is 9.74. The second kappa shape index (κ2) is 11.9. The van der Waals surface area contributed by atoms with Gasteiger partial charge in [0, 0.05) is 67.1 Å². The smallest absolute Gasteiger partial charge is 0.319 e. The highest BCUT2D eigenvalue weighted by Gasteiger charge is 2.48. The van der Waals surface area contributed by atoms with E-state index >= 15 is 8.78 Å². The van der Waals surface area contributed by atoms with E-state index in [0.717, 1.165) is 44.1 Å². The van der Waals surface area contributed by atoms with Crippen molar-refractivity contribution in [2.45, 2.75) is 81.9 Å². The van der Waals surface area contributed by atoms with Crippen molar-refractivity contribution in [3.8, 4) is 24.4 Å². The van der Waals surface area contributed by atoms with Gasteiger partial charge in [-0.25, -0.2) is 8.78 Å². The molecule has 3 aliphatic heterocycles. The van der Waals surface area contributed by atoms with Gasteiger partial charge in [0.1, 0.15) is 17.2 Å². The zero-order valence-corrected chi connectivity index (χ0v) is 27.7. The molecule has 10 heteroatoms. The van der Waals surface area contributed by atoms with Crippen LogP contribution in [-0.4, -0.2) is 77.5 Å². The van der Waals surface area contributed by atoms with Gasteiger partial charge in [0.15, 0.2) is 5.82 Å². The molecule has 3 saturated heterocycles. The number of hydrogen-bond acceptors (Lipinski definition) is 8. The number of piperazine rings is 1. The predicted octanol–water partition coefficient (Wildman–Crippen LogP) is 5.03. The molecule has 8 nitrogen and oxygen atoms in total. The molecule has 0 radical (unpaired) electrons. The molecule has 1 aromatic heterocycles. The first kappa shape index (κ1) is 31.2. The molecule has 4 heterocycles. The molecule has 3 unspecified atom stereocenters. The monoisotopic (exact) mass is 664 g/mol. The van der Waals surface area contributed by atoms with E-state index in [9.17, 15) is 10.4 Å². The second-order valence-corrected chi connectivity index (χ2v) is 15.8. The Labute approximate surface area is 285 Å². The van der Waals surface area contributed by atoms with Crippen molar-refractivity contribution >= 4 is 16.7 Å². The quantitative estimate of drug-likeness (QED) is 0.340. The Hall–Kier alpha value is -3.83. The fourth-order valence-electron chi connectivity index (χ4n) is 9.94. The fourth-order valence-corrected chi connectivity index (χ4v) is 9.94. The van der Waals surface area contributed by atoms with Gasteiger partial charge in [-0.05, 0) is 86.5 Å². The number of anilines is 1. The van der Waals surface area contributed by atoms with Crippen molar-refractivity contribution in [1.29, 1.82) is 5.26 Å². The van der Waals surface area contributed by atoms with E-state index in [0.29, 0.717) is 54.1 Å². The van der Waals surface area contributed by atoms with Crippen LogP contribution < -0.4 is 15.0 Å². The summed E-state index contributed by atoms with van der Waals surface area (Å²) in [4.78, 5) is 14.4. The van der Waals surface area contributed by atoms with Crippen LogP contribution in [0.5, 0.6) is 6.01 Å². The number of halogens is 2. The molecule has 254 valence electrons. The van der Waals surface area contributed by atoms with Gasteiger partial charge in [0.25, 0.3) is 0 Å². The molecule has 0 amide bonds.